The molecule has 2 heteroatoms. The molecule has 0 radical (unpaired) electrons. The largest absolute Gasteiger partial charge is 0.298 e. The van der Waals surface area contributed by atoms with Gasteiger partial charge in [-0.3, -0.25) is 4.79 Å². The average molecular weight is 381 g/mol. The fourth-order valence-corrected chi connectivity index (χ4v) is 8.46. The van der Waals surface area contributed by atoms with Crippen molar-refractivity contribution in [3.63, 3.8) is 0 Å². The Labute approximate surface area is 150 Å². The molecular weight excluding hydrogens is 348 g/mol. The van der Waals surface area contributed by atoms with Crippen LogP contribution in [0.1, 0.15) is 79.1 Å². The van der Waals surface area contributed by atoms with Crippen molar-refractivity contribution in [3.8, 4) is 0 Å². The van der Waals surface area contributed by atoms with Crippen molar-refractivity contribution in [1.82, 2.24) is 0 Å². The second-order valence-electron chi connectivity index (χ2n) is 10.4. The van der Waals surface area contributed by atoms with E-state index in [4.69, 9.17) is 0 Å². The van der Waals surface area contributed by atoms with E-state index in [1.165, 1.54) is 44.9 Å². The molecule has 4 saturated carbocycles. The molecule has 1 nitrogen and oxygen atoms in total. The van der Waals surface area contributed by atoms with Gasteiger partial charge in [0.05, 0.1) is 4.83 Å². The molecule has 0 aromatic carbocycles. The summed E-state index contributed by atoms with van der Waals surface area (Å²) in [6.45, 7) is 9.74. The minimum absolute atomic E-state index is 0.0601. The number of hydrogen-bond donors (Lipinski definition) is 0. The minimum Gasteiger partial charge on any atom is -0.298 e. The molecule has 0 amide bonds. The molecule has 4 fully saturated rings. The molecule has 130 valence electrons. The number of fused-ring (bicyclic) bond motifs is 5. The summed E-state index contributed by atoms with van der Waals surface area (Å²) in [6.07, 6.45) is 10.7. The molecule has 4 aliphatic carbocycles. The van der Waals surface area contributed by atoms with Gasteiger partial charge in [-0.05, 0) is 78.4 Å². The van der Waals surface area contributed by atoms with Crippen LogP contribution in [-0.2, 0) is 4.79 Å². The number of ketones is 1. The summed E-state index contributed by atoms with van der Waals surface area (Å²) in [6, 6.07) is 0. The molecule has 0 bridgehead atoms. The maximum absolute atomic E-state index is 12.8. The highest BCUT2D eigenvalue weighted by Crippen LogP contribution is 2.68. The third kappa shape index (κ3) is 2.12. The van der Waals surface area contributed by atoms with Crippen molar-refractivity contribution >= 4 is 21.7 Å². The lowest BCUT2D eigenvalue weighted by molar-refractivity contribution is -0.156. The zero-order valence-electron chi connectivity index (χ0n) is 15.3. The number of rotatable bonds is 0. The molecular formula is C21H33BrO. The first kappa shape index (κ1) is 16.6. The van der Waals surface area contributed by atoms with E-state index in [9.17, 15) is 4.79 Å². The van der Waals surface area contributed by atoms with Gasteiger partial charge in [-0.15, -0.1) is 0 Å². The van der Waals surface area contributed by atoms with Crippen LogP contribution in [0.25, 0.3) is 0 Å². The lowest BCUT2D eigenvalue weighted by Crippen LogP contribution is -2.60. The molecule has 0 saturated heterocycles. The van der Waals surface area contributed by atoms with Crippen LogP contribution in [0.3, 0.4) is 0 Å². The summed E-state index contributed by atoms with van der Waals surface area (Å²) in [5, 5.41) is 0. The smallest absolute Gasteiger partial charge is 0.147 e. The second kappa shape index (κ2) is 5.08. The summed E-state index contributed by atoms with van der Waals surface area (Å²) >= 11 is 3.75. The van der Waals surface area contributed by atoms with Gasteiger partial charge in [0.15, 0.2) is 0 Å². The number of Topliss-reactive ketones (excluding diaryl/α,β-unsaturated/α-hetero) is 1. The number of halogens is 1. The summed E-state index contributed by atoms with van der Waals surface area (Å²) in [7, 11) is 0. The van der Waals surface area contributed by atoms with E-state index in [1.54, 1.807) is 0 Å². The molecule has 0 aromatic rings. The zero-order chi connectivity index (χ0) is 16.6. The molecule has 0 spiro atoms. The summed E-state index contributed by atoms with van der Waals surface area (Å²) in [5.41, 5.74) is 0.972. The maximum Gasteiger partial charge on any atom is 0.147 e. The third-order valence-electron chi connectivity index (χ3n) is 9.04. The monoisotopic (exact) mass is 380 g/mol. The van der Waals surface area contributed by atoms with E-state index in [-0.39, 0.29) is 15.7 Å². The van der Waals surface area contributed by atoms with E-state index < -0.39 is 0 Å². The van der Waals surface area contributed by atoms with Crippen molar-refractivity contribution in [1.29, 1.82) is 0 Å². The van der Waals surface area contributed by atoms with Gasteiger partial charge in [0.2, 0.25) is 0 Å². The molecule has 23 heavy (non-hydrogen) atoms. The van der Waals surface area contributed by atoms with Crippen molar-refractivity contribution in [3.05, 3.63) is 0 Å². The van der Waals surface area contributed by atoms with E-state index in [0.717, 1.165) is 24.2 Å². The second-order valence-corrected chi connectivity index (χ2v) is 11.3. The zero-order valence-corrected chi connectivity index (χ0v) is 16.9. The molecule has 0 heterocycles. The SMILES string of the molecule is CC1(C)[C@H](Br)C(=O)C[C@@]2(C)[C@@H]3CC[C@@]4(C)CCC[C@@H]4[C@@H]3CC[C@@H]12. The van der Waals surface area contributed by atoms with Crippen LogP contribution in [-0.4, -0.2) is 10.6 Å². The Morgan fingerprint density at radius 1 is 0.957 bits per heavy atom. The summed E-state index contributed by atoms with van der Waals surface area (Å²) < 4.78 is 0. The lowest BCUT2D eigenvalue weighted by Gasteiger charge is -2.63. The normalized spacial score (nSPS) is 55.0. The van der Waals surface area contributed by atoms with Gasteiger partial charge in [0, 0.05) is 6.42 Å². The van der Waals surface area contributed by atoms with Crippen LogP contribution in [0.5, 0.6) is 0 Å². The lowest BCUT2D eigenvalue weighted by atomic mass is 9.41. The summed E-state index contributed by atoms with van der Waals surface area (Å²) in [4.78, 5) is 12.8. The highest BCUT2D eigenvalue weighted by Gasteiger charge is 2.63. The number of hydrogen-bond acceptors (Lipinski definition) is 1. The van der Waals surface area contributed by atoms with E-state index in [1.807, 2.05) is 0 Å². The van der Waals surface area contributed by atoms with Crippen LogP contribution >= 0.6 is 15.9 Å². The molecule has 0 aliphatic heterocycles. The Morgan fingerprint density at radius 2 is 1.70 bits per heavy atom. The van der Waals surface area contributed by atoms with Crippen molar-refractivity contribution in [2.45, 2.75) is 83.9 Å². The molecule has 7 atom stereocenters. The third-order valence-corrected chi connectivity index (χ3v) is 10.7. The van der Waals surface area contributed by atoms with Gasteiger partial charge < -0.3 is 0 Å². The predicted octanol–water partition coefficient (Wildman–Crippen LogP) is 6.00. The number of carbonyl (C=O) groups is 1. The van der Waals surface area contributed by atoms with Gasteiger partial charge >= 0.3 is 0 Å². The fourth-order valence-electron chi connectivity index (χ4n) is 7.98. The molecule has 0 N–H and O–H groups in total. The Morgan fingerprint density at radius 3 is 2.43 bits per heavy atom. The number of alkyl halides is 1. The standard InChI is InChI=1S/C21H33BrO/c1-19(2)17-8-7-13-14-6-5-10-20(14,3)11-9-15(13)21(17,4)12-16(23)18(19)22/h13-15,17-18H,5-12H2,1-4H3/t13-,14+,15+,17-,18+,20+,21-/m0/s1. The van der Waals surface area contributed by atoms with Crippen molar-refractivity contribution in [2.75, 3.05) is 0 Å². The molecule has 4 rings (SSSR count). The predicted molar refractivity (Wildman–Crippen MR) is 98.6 cm³/mol. The highest BCUT2D eigenvalue weighted by atomic mass is 79.9. The van der Waals surface area contributed by atoms with Gasteiger partial charge in [0.25, 0.3) is 0 Å². The quantitative estimate of drug-likeness (QED) is 0.471. The minimum atomic E-state index is 0.0601. The molecule has 0 aromatic heterocycles. The fraction of sp³-hybridized carbons (Fsp3) is 0.952. The highest BCUT2D eigenvalue weighted by molar-refractivity contribution is 9.10. The average Bonchev–Trinajstić information content (AvgIpc) is 2.86. The molecule has 4 aliphatic rings. The van der Waals surface area contributed by atoms with Crippen LogP contribution in [0.15, 0.2) is 0 Å². The van der Waals surface area contributed by atoms with Crippen LogP contribution in [0.4, 0.5) is 0 Å². The Bertz CT molecular complexity index is 526. The summed E-state index contributed by atoms with van der Waals surface area (Å²) in [5.74, 6) is 3.80. The molecule has 0 unspecified atom stereocenters. The van der Waals surface area contributed by atoms with E-state index in [2.05, 4.69) is 43.6 Å². The Hall–Kier alpha value is 0.150. The first-order valence-corrected chi connectivity index (χ1v) is 10.8. The Kier molecular flexibility index (Phi) is 3.67. The van der Waals surface area contributed by atoms with Crippen LogP contribution in [0, 0.1) is 39.9 Å². The van der Waals surface area contributed by atoms with Gasteiger partial charge in [-0.2, -0.15) is 0 Å². The van der Waals surface area contributed by atoms with Crippen LogP contribution in [0.2, 0.25) is 0 Å². The first-order valence-electron chi connectivity index (χ1n) is 9.87. The van der Waals surface area contributed by atoms with E-state index >= 15 is 0 Å². The van der Waals surface area contributed by atoms with Crippen LogP contribution < -0.4 is 0 Å². The van der Waals surface area contributed by atoms with Gasteiger partial charge in [0.1, 0.15) is 5.78 Å². The topological polar surface area (TPSA) is 17.1 Å². The van der Waals surface area contributed by atoms with Gasteiger partial charge in [-0.1, -0.05) is 50.0 Å². The number of carbonyl (C=O) groups excluding carboxylic acids is 1. The van der Waals surface area contributed by atoms with Gasteiger partial charge in [-0.25, -0.2) is 0 Å². The first-order chi connectivity index (χ1) is 10.7. The Balaban J connectivity index is 1.70. The van der Waals surface area contributed by atoms with Crippen molar-refractivity contribution < 1.29 is 4.79 Å². The van der Waals surface area contributed by atoms with Crippen molar-refractivity contribution in [2.24, 2.45) is 39.9 Å². The maximum atomic E-state index is 12.8. The van der Waals surface area contributed by atoms with E-state index in [0.29, 0.717) is 17.1 Å².